The number of allylic oxidation sites excluding steroid dienone is 4. The molecule has 0 radical (unpaired) electrons. The van der Waals surface area contributed by atoms with E-state index in [1.165, 1.54) is 28.8 Å². The fourth-order valence-corrected chi connectivity index (χ4v) is 4.45. The predicted octanol–water partition coefficient (Wildman–Crippen LogP) is 4.36. The van der Waals surface area contributed by atoms with E-state index in [2.05, 4.69) is 0 Å². The minimum atomic E-state index is -4.03. The highest BCUT2D eigenvalue weighted by Crippen LogP contribution is 2.36. The van der Waals surface area contributed by atoms with Gasteiger partial charge in [-0.2, -0.15) is 0 Å². The maximum Gasteiger partial charge on any atom is 0.282 e. The molecule has 0 unspecified atom stereocenters. The fraction of sp³-hybridized carbons (Fsp3) is 0.130. The molecule has 0 fully saturated rings. The highest BCUT2D eigenvalue weighted by atomic mass is 35.5. The van der Waals surface area contributed by atoms with Gasteiger partial charge in [-0.3, -0.25) is 9.59 Å². The molecule has 3 aromatic rings. The lowest BCUT2D eigenvalue weighted by molar-refractivity contribution is -0.113. The molecule has 4 rings (SSSR count). The van der Waals surface area contributed by atoms with Crippen LogP contribution in [0.15, 0.2) is 48.6 Å². The molecule has 0 spiro atoms. The number of hydrogen-bond acceptors (Lipinski definition) is 4. The molecular formula is C23H16ClF3N2O4S. The van der Waals surface area contributed by atoms with Crippen LogP contribution in [0.1, 0.15) is 28.0 Å². The molecule has 0 bridgehead atoms. The van der Waals surface area contributed by atoms with Crippen molar-refractivity contribution in [1.82, 2.24) is 9.29 Å². The summed E-state index contributed by atoms with van der Waals surface area (Å²) in [6, 6.07) is 6.22. The minimum Gasteiger partial charge on any atom is -0.331 e. The SMILES string of the molecule is CS(=O)(=O)NC(=O)c1c(C2=CC=CCC2=O)c2cc(Cl)ccc2n1Cc1ccc(F)c(F)c1F. The van der Waals surface area contributed by atoms with E-state index in [1.54, 1.807) is 12.2 Å². The van der Waals surface area contributed by atoms with Crippen LogP contribution < -0.4 is 4.72 Å². The van der Waals surface area contributed by atoms with Crippen molar-refractivity contribution in [2.75, 3.05) is 6.26 Å². The third-order valence-corrected chi connectivity index (χ3v) is 6.03. The molecule has 1 amide bonds. The molecule has 6 nitrogen and oxygen atoms in total. The van der Waals surface area contributed by atoms with Crippen molar-refractivity contribution in [1.29, 1.82) is 0 Å². The van der Waals surface area contributed by atoms with E-state index in [1.807, 2.05) is 4.72 Å². The zero-order valence-electron chi connectivity index (χ0n) is 17.5. The van der Waals surface area contributed by atoms with Crippen LogP contribution in [-0.4, -0.2) is 30.9 Å². The normalized spacial score (nSPS) is 13.9. The lowest BCUT2D eigenvalue weighted by Gasteiger charge is -2.14. The summed E-state index contributed by atoms with van der Waals surface area (Å²) in [5, 5.41) is 0.587. The van der Waals surface area contributed by atoms with Gasteiger partial charge in [-0.15, -0.1) is 0 Å². The Hall–Kier alpha value is -3.37. The lowest BCUT2D eigenvalue weighted by atomic mass is 9.93. The van der Waals surface area contributed by atoms with Gasteiger partial charge in [0, 0.05) is 39.0 Å². The zero-order chi connectivity index (χ0) is 24.8. The Balaban J connectivity index is 2.07. The maximum atomic E-state index is 14.5. The number of sulfonamides is 1. The van der Waals surface area contributed by atoms with Crippen molar-refractivity contribution >= 4 is 49.8 Å². The molecule has 2 aromatic carbocycles. The van der Waals surface area contributed by atoms with Crippen LogP contribution in [0.4, 0.5) is 13.2 Å². The highest BCUT2D eigenvalue weighted by Gasteiger charge is 2.30. The number of hydrogen-bond donors (Lipinski definition) is 1. The van der Waals surface area contributed by atoms with Gasteiger partial charge in [-0.1, -0.05) is 35.9 Å². The first-order valence-electron chi connectivity index (χ1n) is 9.84. The summed E-state index contributed by atoms with van der Waals surface area (Å²) >= 11 is 6.16. The summed E-state index contributed by atoms with van der Waals surface area (Å²) in [7, 11) is -4.03. The zero-order valence-corrected chi connectivity index (χ0v) is 19.1. The topological polar surface area (TPSA) is 85.2 Å². The molecule has 11 heteroatoms. The fourth-order valence-electron chi connectivity index (χ4n) is 3.84. The number of benzene rings is 2. The van der Waals surface area contributed by atoms with E-state index < -0.39 is 39.9 Å². The Bertz CT molecular complexity index is 1540. The first kappa shape index (κ1) is 23.8. The number of aromatic nitrogens is 1. The quantitative estimate of drug-likeness (QED) is 0.519. The molecule has 0 saturated heterocycles. The molecule has 0 saturated carbocycles. The average molecular weight is 509 g/mol. The van der Waals surface area contributed by atoms with Gasteiger partial charge in [0.15, 0.2) is 23.2 Å². The second kappa shape index (κ2) is 8.77. The van der Waals surface area contributed by atoms with E-state index in [4.69, 9.17) is 11.6 Å². The molecule has 0 aliphatic heterocycles. The number of nitrogens with zero attached hydrogens (tertiary/aromatic N) is 1. The first-order valence-corrected chi connectivity index (χ1v) is 12.1. The second-order valence-corrected chi connectivity index (χ2v) is 9.83. The molecule has 1 N–H and O–H groups in total. The number of amides is 1. The molecule has 1 aliphatic rings. The van der Waals surface area contributed by atoms with Gasteiger partial charge in [0.05, 0.1) is 12.8 Å². The van der Waals surface area contributed by atoms with Crippen molar-refractivity contribution in [2.45, 2.75) is 13.0 Å². The van der Waals surface area contributed by atoms with Crippen LogP contribution in [0.25, 0.3) is 16.5 Å². The molecule has 1 heterocycles. The third kappa shape index (κ3) is 4.38. The molecule has 176 valence electrons. The lowest BCUT2D eigenvalue weighted by Crippen LogP contribution is -2.32. The summed E-state index contributed by atoms with van der Waals surface area (Å²) in [6.07, 6.45) is 5.52. The minimum absolute atomic E-state index is 0.0456. The number of fused-ring (bicyclic) bond motifs is 1. The van der Waals surface area contributed by atoms with Crippen LogP contribution in [0.5, 0.6) is 0 Å². The number of rotatable bonds is 5. The first-order chi connectivity index (χ1) is 16.0. The van der Waals surface area contributed by atoms with E-state index in [0.717, 1.165) is 18.4 Å². The van der Waals surface area contributed by atoms with Crippen molar-refractivity contribution < 1.29 is 31.2 Å². The van der Waals surface area contributed by atoms with E-state index in [9.17, 15) is 31.2 Å². The predicted molar refractivity (Wildman–Crippen MR) is 121 cm³/mol. The van der Waals surface area contributed by atoms with Crippen molar-refractivity contribution in [2.24, 2.45) is 0 Å². The number of carbonyl (C=O) groups excluding carboxylic acids is 2. The van der Waals surface area contributed by atoms with Crippen molar-refractivity contribution in [3.63, 3.8) is 0 Å². The molecule has 34 heavy (non-hydrogen) atoms. The van der Waals surface area contributed by atoms with Crippen LogP contribution in [0, 0.1) is 17.5 Å². The Morgan fingerprint density at radius 1 is 1.15 bits per heavy atom. The summed E-state index contributed by atoms with van der Waals surface area (Å²) in [5.74, 6) is -5.95. The average Bonchev–Trinajstić information content (AvgIpc) is 3.06. The second-order valence-electron chi connectivity index (χ2n) is 7.64. The van der Waals surface area contributed by atoms with Crippen LogP contribution in [-0.2, 0) is 21.4 Å². The van der Waals surface area contributed by atoms with Gasteiger partial charge < -0.3 is 4.57 Å². The van der Waals surface area contributed by atoms with Crippen molar-refractivity contribution in [3.05, 3.63) is 87.9 Å². The van der Waals surface area contributed by atoms with Gasteiger partial charge >= 0.3 is 0 Å². The molecule has 1 aromatic heterocycles. The smallest absolute Gasteiger partial charge is 0.282 e. The molecular weight excluding hydrogens is 493 g/mol. The van der Waals surface area contributed by atoms with Gasteiger partial charge in [0.2, 0.25) is 10.0 Å². The number of nitrogens with one attached hydrogen (secondary N) is 1. The number of halogens is 4. The van der Waals surface area contributed by atoms with Crippen LogP contribution in [0.2, 0.25) is 5.02 Å². The van der Waals surface area contributed by atoms with Gasteiger partial charge in [-0.05, 0) is 24.3 Å². The van der Waals surface area contributed by atoms with Crippen molar-refractivity contribution in [3.8, 4) is 0 Å². The summed E-state index contributed by atoms with van der Waals surface area (Å²) in [4.78, 5) is 25.9. The maximum absolute atomic E-state index is 14.5. The number of ketones is 1. The Labute approximate surface area is 197 Å². The summed E-state index contributed by atoms with van der Waals surface area (Å²) in [6.45, 7) is -0.467. The molecule has 0 atom stereocenters. The van der Waals surface area contributed by atoms with Gasteiger partial charge in [-0.25, -0.2) is 26.3 Å². The standard InChI is InChI=1S/C23H16ClF3N2O4S/c1-34(32,33)28-23(31)22-19(14-4-2-3-5-18(14)30)15-10-13(24)7-9-17(15)29(22)11-12-6-8-16(25)21(27)20(12)26/h2-4,6-10H,5,11H2,1H3,(H,28,31). The Morgan fingerprint density at radius 2 is 1.88 bits per heavy atom. The van der Waals surface area contributed by atoms with E-state index in [-0.39, 0.29) is 39.6 Å². The Kier molecular flexibility index (Phi) is 6.13. The van der Waals surface area contributed by atoms with E-state index >= 15 is 0 Å². The van der Waals surface area contributed by atoms with E-state index in [0.29, 0.717) is 10.9 Å². The van der Waals surface area contributed by atoms with Gasteiger partial charge in [0.25, 0.3) is 5.91 Å². The van der Waals surface area contributed by atoms with Crippen LogP contribution in [0.3, 0.4) is 0 Å². The third-order valence-electron chi connectivity index (χ3n) is 5.23. The largest absolute Gasteiger partial charge is 0.331 e. The number of carbonyl (C=O) groups is 2. The Morgan fingerprint density at radius 3 is 2.56 bits per heavy atom. The van der Waals surface area contributed by atoms with Crippen LogP contribution >= 0.6 is 11.6 Å². The monoisotopic (exact) mass is 508 g/mol. The summed E-state index contributed by atoms with van der Waals surface area (Å²) in [5.41, 5.74) is -0.0596. The number of Topliss-reactive ketones (excluding diaryl/α,β-unsaturated/α-hetero) is 1. The molecule has 1 aliphatic carbocycles. The highest BCUT2D eigenvalue weighted by molar-refractivity contribution is 7.89. The van der Waals surface area contributed by atoms with Gasteiger partial charge in [0.1, 0.15) is 5.69 Å². The summed E-state index contributed by atoms with van der Waals surface area (Å²) < 4.78 is 68.6.